The topological polar surface area (TPSA) is 66.9 Å². The van der Waals surface area contributed by atoms with E-state index in [1.165, 1.54) is 17.8 Å². The fourth-order valence-electron chi connectivity index (χ4n) is 3.14. The third kappa shape index (κ3) is 1.85. The molecule has 1 amide bonds. The number of rotatable bonds is 2. The van der Waals surface area contributed by atoms with Crippen LogP contribution in [0.2, 0.25) is 0 Å². The van der Waals surface area contributed by atoms with Crippen LogP contribution in [0, 0.1) is 11.3 Å². The van der Waals surface area contributed by atoms with Crippen molar-refractivity contribution in [3.8, 4) is 0 Å². The van der Waals surface area contributed by atoms with Gasteiger partial charge in [0.1, 0.15) is 5.51 Å². The van der Waals surface area contributed by atoms with Crippen LogP contribution in [-0.2, 0) is 4.79 Å². The van der Waals surface area contributed by atoms with E-state index in [-0.39, 0.29) is 11.3 Å². The summed E-state index contributed by atoms with van der Waals surface area (Å²) in [6.07, 6.45) is 4.56. The van der Waals surface area contributed by atoms with Crippen molar-refractivity contribution in [2.24, 2.45) is 11.3 Å². The van der Waals surface area contributed by atoms with Gasteiger partial charge in [-0.3, -0.25) is 10.1 Å². The second-order valence-electron chi connectivity index (χ2n) is 4.93. The number of nitrogens with zero attached hydrogens (tertiary/aromatic N) is 2. The molecule has 17 heavy (non-hydrogen) atoms. The van der Waals surface area contributed by atoms with Gasteiger partial charge in [0, 0.05) is 6.54 Å². The Hall–Kier alpha value is -1.01. The van der Waals surface area contributed by atoms with Crippen molar-refractivity contribution >= 4 is 22.4 Å². The Labute approximate surface area is 104 Å². The van der Waals surface area contributed by atoms with Gasteiger partial charge >= 0.3 is 0 Å². The van der Waals surface area contributed by atoms with Crippen molar-refractivity contribution in [2.75, 3.05) is 18.4 Å². The van der Waals surface area contributed by atoms with Crippen LogP contribution in [0.1, 0.15) is 25.7 Å². The first-order valence-corrected chi connectivity index (χ1v) is 6.97. The molecule has 5 nitrogen and oxygen atoms in total. The summed E-state index contributed by atoms with van der Waals surface area (Å²) in [6.45, 7) is 1.78. The smallest absolute Gasteiger partial charge is 0.234 e. The zero-order chi connectivity index (χ0) is 11.7. The SMILES string of the molecule is O=C(Nc1nncs1)[C@@]12CCCC[C@H]1CNC2. The van der Waals surface area contributed by atoms with Crippen LogP contribution in [0.3, 0.4) is 0 Å². The summed E-state index contributed by atoms with van der Waals surface area (Å²) in [6, 6.07) is 0. The van der Waals surface area contributed by atoms with Gasteiger partial charge in [0.2, 0.25) is 11.0 Å². The summed E-state index contributed by atoms with van der Waals surface area (Å²) in [7, 11) is 0. The predicted molar refractivity (Wildman–Crippen MR) is 65.8 cm³/mol. The molecule has 1 aromatic rings. The lowest BCUT2D eigenvalue weighted by Crippen LogP contribution is -2.44. The summed E-state index contributed by atoms with van der Waals surface area (Å²) in [5.41, 5.74) is 1.43. The van der Waals surface area contributed by atoms with Gasteiger partial charge in [-0.25, -0.2) is 0 Å². The van der Waals surface area contributed by atoms with E-state index < -0.39 is 0 Å². The zero-order valence-electron chi connectivity index (χ0n) is 9.61. The van der Waals surface area contributed by atoms with Gasteiger partial charge < -0.3 is 5.32 Å². The van der Waals surface area contributed by atoms with Crippen molar-refractivity contribution in [1.82, 2.24) is 15.5 Å². The van der Waals surface area contributed by atoms with E-state index in [2.05, 4.69) is 20.8 Å². The first-order valence-electron chi connectivity index (χ1n) is 6.10. The van der Waals surface area contributed by atoms with Crippen LogP contribution in [-0.4, -0.2) is 29.2 Å². The van der Waals surface area contributed by atoms with Crippen LogP contribution in [0.15, 0.2) is 5.51 Å². The third-order valence-corrected chi connectivity index (χ3v) is 4.68. The van der Waals surface area contributed by atoms with E-state index in [0.717, 1.165) is 32.4 Å². The van der Waals surface area contributed by atoms with E-state index in [0.29, 0.717) is 11.0 Å². The fraction of sp³-hybridized carbons (Fsp3) is 0.727. The zero-order valence-corrected chi connectivity index (χ0v) is 10.4. The van der Waals surface area contributed by atoms with E-state index in [1.54, 1.807) is 5.51 Å². The second-order valence-corrected chi connectivity index (χ2v) is 5.76. The standard InChI is InChI=1S/C11H16N4OS/c16-9(14-10-15-13-7-17-10)11-4-2-1-3-8(11)5-12-6-11/h7-8,12H,1-6H2,(H,14,15,16)/t8-,11+/m0/s1. The molecule has 2 heterocycles. The molecule has 3 rings (SSSR count). The molecule has 2 aliphatic rings. The summed E-state index contributed by atoms with van der Waals surface area (Å²) in [5, 5.41) is 14.5. The number of nitrogens with one attached hydrogen (secondary N) is 2. The highest BCUT2D eigenvalue weighted by Crippen LogP contribution is 2.44. The van der Waals surface area contributed by atoms with Crippen LogP contribution in [0.25, 0.3) is 0 Å². The minimum Gasteiger partial charge on any atom is -0.315 e. The highest BCUT2D eigenvalue weighted by atomic mass is 32.1. The lowest BCUT2D eigenvalue weighted by molar-refractivity contribution is -0.128. The number of amides is 1. The molecule has 0 bridgehead atoms. The fourth-order valence-corrected chi connectivity index (χ4v) is 3.58. The minimum atomic E-state index is -0.204. The number of anilines is 1. The highest BCUT2D eigenvalue weighted by Gasteiger charge is 2.49. The number of hydrogen-bond acceptors (Lipinski definition) is 5. The Bertz CT molecular complexity index is 408. The number of fused-ring (bicyclic) bond motifs is 1. The van der Waals surface area contributed by atoms with Crippen molar-refractivity contribution in [1.29, 1.82) is 0 Å². The first kappa shape index (κ1) is 11.1. The molecule has 0 radical (unpaired) electrons. The molecule has 1 saturated heterocycles. The monoisotopic (exact) mass is 252 g/mol. The number of carbonyl (C=O) groups is 1. The molecule has 0 aromatic carbocycles. The van der Waals surface area contributed by atoms with E-state index >= 15 is 0 Å². The van der Waals surface area contributed by atoms with Gasteiger partial charge in [0.05, 0.1) is 5.41 Å². The molecule has 0 spiro atoms. The quantitative estimate of drug-likeness (QED) is 0.831. The predicted octanol–water partition coefficient (Wildman–Crippen LogP) is 1.26. The van der Waals surface area contributed by atoms with Gasteiger partial charge in [-0.1, -0.05) is 24.2 Å². The highest BCUT2D eigenvalue weighted by molar-refractivity contribution is 7.13. The molecule has 2 atom stereocenters. The Morgan fingerprint density at radius 3 is 3.35 bits per heavy atom. The molecule has 1 aliphatic heterocycles. The summed E-state index contributed by atoms with van der Waals surface area (Å²) >= 11 is 1.37. The van der Waals surface area contributed by atoms with Crippen LogP contribution in [0.4, 0.5) is 5.13 Å². The Morgan fingerprint density at radius 2 is 2.53 bits per heavy atom. The van der Waals surface area contributed by atoms with E-state index in [1.807, 2.05) is 0 Å². The van der Waals surface area contributed by atoms with E-state index in [4.69, 9.17) is 0 Å². The molecule has 1 aromatic heterocycles. The minimum absolute atomic E-state index is 0.129. The maximum Gasteiger partial charge on any atom is 0.234 e. The Morgan fingerprint density at radius 1 is 1.59 bits per heavy atom. The van der Waals surface area contributed by atoms with Crippen molar-refractivity contribution in [3.05, 3.63) is 5.51 Å². The third-order valence-electron chi connectivity index (χ3n) is 4.07. The first-order chi connectivity index (χ1) is 8.31. The second kappa shape index (κ2) is 4.34. The lowest BCUT2D eigenvalue weighted by atomic mass is 9.68. The summed E-state index contributed by atoms with van der Waals surface area (Å²) in [5.74, 6) is 0.619. The normalized spacial score (nSPS) is 32.1. The maximum atomic E-state index is 12.5. The molecular weight excluding hydrogens is 236 g/mol. The van der Waals surface area contributed by atoms with Crippen molar-refractivity contribution < 1.29 is 4.79 Å². The average molecular weight is 252 g/mol. The Balaban J connectivity index is 1.79. The van der Waals surface area contributed by atoms with Crippen LogP contribution < -0.4 is 10.6 Å². The summed E-state index contributed by atoms with van der Waals surface area (Å²) in [4.78, 5) is 12.5. The molecule has 2 N–H and O–H groups in total. The number of hydrogen-bond donors (Lipinski definition) is 2. The van der Waals surface area contributed by atoms with Gasteiger partial charge in [0.25, 0.3) is 0 Å². The molecule has 1 aliphatic carbocycles. The number of aromatic nitrogens is 2. The lowest BCUT2D eigenvalue weighted by Gasteiger charge is -2.36. The molecule has 2 fully saturated rings. The molecule has 6 heteroatoms. The molecule has 92 valence electrons. The van der Waals surface area contributed by atoms with Gasteiger partial charge in [-0.2, -0.15) is 0 Å². The molecular formula is C11H16N4OS. The van der Waals surface area contributed by atoms with Crippen LogP contribution in [0.5, 0.6) is 0 Å². The van der Waals surface area contributed by atoms with Crippen molar-refractivity contribution in [2.45, 2.75) is 25.7 Å². The number of carbonyl (C=O) groups excluding carboxylic acids is 1. The van der Waals surface area contributed by atoms with Crippen molar-refractivity contribution in [3.63, 3.8) is 0 Å². The summed E-state index contributed by atoms with van der Waals surface area (Å²) < 4.78 is 0. The Kier molecular flexibility index (Phi) is 2.84. The average Bonchev–Trinajstić information content (AvgIpc) is 2.96. The van der Waals surface area contributed by atoms with Gasteiger partial charge in [-0.15, -0.1) is 10.2 Å². The maximum absolute atomic E-state index is 12.5. The van der Waals surface area contributed by atoms with E-state index in [9.17, 15) is 4.79 Å². The molecule has 0 unspecified atom stereocenters. The molecule has 1 saturated carbocycles. The van der Waals surface area contributed by atoms with Gasteiger partial charge in [-0.05, 0) is 25.3 Å². The largest absolute Gasteiger partial charge is 0.315 e. The van der Waals surface area contributed by atoms with Gasteiger partial charge in [0.15, 0.2) is 0 Å². The van der Waals surface area contributed by atoms with Crippen LogP contribution >= 0.6 is 11.3 Å².